The third-order valence-corrected chi connectivity index (χ3v) is 6.96. The van der Waals surface area contributed by atoms with Crippen LogP contribution in [0.3, 0.4) is 0 Å². The molecule has 9 heteroatoms. The van der Waals surface area contributed by atoms with Gasteiger partial charge in [0.1, 0.15) is 13.2 Å². The average Bonchev–Trinajstić information content (AvgIpc) is 2.74. The number of carbonyl (C=O) groups is 1. The molecule has 2 aromatic carbocycles. The summed E-state index contributed by atoms with van der Waals surface area (Å²) in [6, 6.07) is 9.77. The predicted molar refractivity (Wildman–Crippen MR) is 115 cm³/mol. The van der Waals surface area contributed by atoms with E-state index in [1.807, 2.05) is 25.1 Å². The maximum Gasteiger partial charge on any atom is 0.259 e. The van der Waals surface area contributed by atoms with Crippen molar-refractivity contribution in [2.45, 2.75) is 49.6 Å². The number of rotatable bonds is 5. The van der Waals surface area contributed by atoms with Gasteiger partial charge in [-0.1, -0.05) is 12.1 Å². The molecule has 0 bridgehead atoms. The molecule has 166 valence electrons. The van der Waals surface area contributed by atoms with Crippen molar-refractivity contribution in [1.29, 1.82) is 0 Å². The van der Waals surface area contributed by atoms with Gasteiger partial charge in [0.25, 0.3) is 5.91 Å². The molecule has 1 aliphatic carbocycles. The monoisotopic (exact) mass is 446 g/mol. The van der Waals surface area contributed by atoms with Crippen LogP contribution in [0.2, 0.25) is 0 Å². The fourth-order valence-corrected chi connectivity index (χ4v) is 5.20. The lowest BCUT2D eigenvalue weighted by atomic mass is 9.94. The lowest BCUT2D eigenvalue weighted by Crippen LogP contribution is -2.38. The minimum absolute atomic E-state index is 0.0581. The van der Waals surface area contributed by atoms with Crippen molar-refractivity contribution in [2.24, 2.45) is 0 Å². The van der Waals surface area contributed by atoms with Gasteiger partial charge in [-0.05, 0) is 56.4 Å². The normalized spacial score (nSPS) is 20.8. The molecule has 0 unspecified atom stereocenters. The van der Waals surface area contributed by atoms with Gasteiger partial charge in [0.05, 0.1) is 16.6 Å². The van der Waals surface area contributed by atoms with Crippen LogP contribution in [0.4, 0.5) is 5.69 Å². The van der Waals surface area contributed by atoms with Gasteiger partial charge in [-0.3, -0.25) is 4.79 Å². The van der Waals surface area contributed by atoms with Crippen LogP contribution in [-0.4, -0.2) is 44.8 Å². The van der Waals surface area contributed by atoms with E-state index in [1.165, 1.54) is 12.1 Å². The summed E-state index contributed by atoms with van der Waals surface area (Å²) in [6.07, 6.45) is 1.85. The quantitative estimate of drug-likeness (QED) is 0.651. The first-order valence-electron chi connectivity index (χ1n) is 10.3. The number of aliphatic hydroxyl groups excluding tert-OH is 1. The zero-order valence-electron chi connectivity index (χ0n) is 17.3. The largest absolute Gasteiger partial charge is 0.486 e. The van der Waals surface area contributed by atoms with Gasteiger partial charge in [0.2, 0.25) is 10.0 Å². The highest BCUT2D eigenvalue weighted by Gasteiger charge is 2.29. The molecular formula is C22H26N2O6S. The molecule has 1 fully saturated rings. The second-order valence-electron chi connectivity index (χ2n) is 7.95. The molecule has 1 amide bonds. The summed E-state index contributed by atoms with van der Waals surface area (Å²) in [7, 11) is -3.89. The second-order valence-corrected chi connectivity index (χ2v) is 9.66. The van der Waals surface area contributed by atoms with Gasteiger partial charge in [-0.15, -0.1) is 0 Å². The first-order valence-corrected chi connectivity index (χ1v) is 11.8. The van der Waals surface area contributed by atoms with Crippen LogP contribution in [0.1, 0.15) is 41.6 Å². The summed E-state index contributed by atoms with van der Waals surface area (Å²) < 4.78 is 40.0. The van der Waals surface area contributed by atoms with Crippen LogP contribution < -0.4 is 19.5 Å². The molecule has 4 rings (SSSR count). The molecule has 0 radical (unpaired) electrons. The topological polar surface area (TPSA) is 114 Å². The number of fused-ring (bicyclic) bond motifs is 1. The molecule has 2 aromatic rings. The van der Waals surface area contributed by atoms with E-state index in [0.717, 1.165) is 5.56 Å². The summed E-state index contributed by atoms with van der Waals surface area (Å²) in [6.45, 7) is 2.45. The fraction of sp³-hybridized carbons (Fsp3) is 0.409. The molecule has 2 aliphatic rings. The third-order valence-electron chi connectivity index (χ3n) is 5.47. The number of ether oxygens (including phenoxy) is 2. The average molecular weight is 447 g/mol. The Hall–Kier alpha value is -2.62. The molecule has 3 N–H and O–H groups in total. The molecule has 8 nitrogen and oxygen atoms in total. The molecule has 31 heavy (non-hydrogen) atoms. The van der Waals surface area contributed by atoms with Crippen molar-refractivity contribution in [3.63, 3.8) is 0 Å². The maximum atomic E-state index is 13.0. The minimum Gasteiger partial charge on any atom is -0.486 e. The number of amides is 1. The van der Waals surface area contributed by atoms with Gasteiger partial charge in [-0.2, -0.15) is 0 Å². The van der Waals surface area contributed by atoms with E-state index < -0.39 is 15.9 Å². The molecule has 0 spiro atoms. The van der Waals surface area contributed by atoms with Crippen molar-refractivity contribution in [1.82, 2.24) is 4.72 Å². The third kappa shape index (κ3) is 5.00. The van der Waals surface area contributed by atoms with Gasteiger partial charge < -0.3 is 19.9 Å². The number of sulfonamides is 1. The van der Waals surface area contributed by atoms with Crippen LogP contribution in [-0.2, 0) is 10.0 Å². The summed E-state index contributed by atoms with van der Waals surface area (Å²) >= 11 is 0. The Bertz CT molecular complexity index is 1080. The summed E-state index contributed by atoms with van der Waals surface area (Å²) in [4.78, 5) is 13.0. The van der Waals surface area contributed by atoms with Crippen LogP contribution >= 0.6 is 0 Å². The van der Waals surface area contributed by atoms with E-state index >= 15 is 0 Å². The Morgan fingerprint density at radius 2 is 1.81 bits per heavy atom. The maximum absolute atomic E-state index is 13.0. The van der Waals surface area contributed by atoms with Gasteiger partial charge >= 0.3 is 0 Å². The Labute approximate surface area is 181 Å². The number of anilines is 1. The zero-order chi connectivity index (χ0) is 22.0. The van der Waals surface area contributed by atoms with E-state index in [4.69, 9.17) is 9.47 Å². The lowest BCUT2D eigenvalue weighted by molar-refractivity contribution is 0.101. The molecule has 1 saturated carbocycles. The number of benzene rings is 2. The standard InChI is InChI=1S/C22H26N2O6S/c1-14-3-2-4-16(11-14)23-22(26)19-12-18(13-20-21(19)30-10-9-29-20)31(27,28)24-15-5-7-17(25)8-6-15/h2-4,11-13,15,17,24-25H,5-10H2,1H3,(H,23,26). The summed E-state index contributed by atoms with van der Waals surface area (Å²) in [5.74, 6) is -0.0242. The Morgan fingerprint density at radius 1 is 1.06 bits per heavy atom. The van der Waals surface area contributed by atoms with Gasteiger partial charge in [0, 0.05) is 17.8 Å². The highest BCUT2D eigenvalue weighted by Crippen LogP contribution is 2.37. The summed E-state index contributed by atoms with van der Waals surface area (Å²) in [5, 5.41) is 12.5. The Kier molecular flexibility index (Phi) is 6.17. The highest BCUT2D eigenvalue weighted by atomic mass is 32.2. The van der Waals surface area contributed by atoms with Crippen molar-refractivity contribution in [2.75, 3.05) is 18.5 Å². The highest BCUT2D eigenvalue weighted by molar-refractivity contribution is 7.89. The van der Waals surface area contributed by atoms with Crippen molar-refractivity contribution in [3.05, 3.63) is 47.5 Å². The number of aliphatic hydroxyl groups is 1. The molecule has 1 aliphatic heterocycles. The Morgan fingerprint density at radius 3 is 2.55 bits per heavy atom. The molecule has 1 heterocycles. The minimum atomic E-state index is -3.89. The smallest absolute Gasteiger partial charge is 0.259 e. The SMILES string of the molecule is Cc1cccc(NC(=O)c2cc(S(=O)(=O)NC3CCC(O)CC3)cc3c2OCCO3)c1. The Balaban J connectivity index is 1.64. The second kappa shape index (κ2) is 8.86. The van der Waals surface area contributed by atoms with E-state index in [2.05, 4.69) is 10.0 Å². The van der Waals surface area contributed by atoms with Crippen molar-refractivity contribution >= 4 is 21.6 Å². The zero-order valence-corrected chi connectivity index (χ0v) is 18.1. The molecule has 0 aromatic heterocycles. The lowest BCUT2D eigenvalue weighted by Gasteiger charge is -2.26. The van der Waals surface area contributed by atoms with E-state index in [1.54, 1.807) is 6.07 Å². The van der Waals surface area contributed by atoms with E-state index in [0.29, 0.717) is 31.4 Å². The number of hydrogen-bond donors (Lipinski definition) is 3. The first-order chi connectivity index (χ1) is 14.8. The first kappa shape index (κ1) is 21.6. The molecule has 0 atom stereocenters. The fourth-order valence-electron chi connectivity index (χ4n) is 3.85. The van der Waals surface area contributed by atoms with Crippen molar-refractivity contribution in [3.8, 4) is 11.5 Å². The number of aryl methyl sites for hydroxylation is 1. The molecular weight excluding hydrogens is 420 g/mol. The predicted octanol–water partition coefficient (Wildman–Crippen LogP) is 2.60. The van der Waals surface area contributed by atoms with Crippen LogP contribution in [0.15, 0.2) is 41.3 Å². The van der Waals surface area contributed by atoms with Gasteiger partial charge in [0.15, 0.2) is 11.5 Å². The number of nitrogens with one attached hydrogen (secondary N) is 2. The number of hydrogen-bond acceptors (Lipinski definition) is 6. The van der Waals surface area contributed by atoms with Gasteiger partial charge in [-0.25, -0.2) is 13.1 Å². The molecule has 0 saturated heterocycles. The summed E-state index contributed by atoms with van der Waals surface area (Å²) in [5.41, 5.74) is 1.68. The van der Waals surface area contributed by atoms with Crippen LogP contribution in [0, 0.1) is 6.92 Å². The van der Waals surface area contributed by atoms with Crippen LogP contribution in [0.5, 0.6) is 11.5 Å². The van der Waals surface area contributed by atoms with Crippen molar-refractivity contribution < 1.29 is 27.8 Å². The number of carbonyl (C=O) groups excluding carboxylic acids is 1. The van der Waals surface area contributed by atoms with E-state index in [9.17, 15) is 18.3 Å². The van der Waals surface area contributed by atoms with Crippen LogP contribution in [0.25, 0.3) is 0 Å². The van der Waals surface area contributed by atoms with E-state index in [-0.39, 0.29) is 47.3 Å².